The molecule has 0 radical (unpaired) electrons. The summed E-state index contributed by atoms with van der Waals surface area (Å²) in [5.41, 5.74) is 6.46. The van der Waals surface area contributed by atoms with Gasteiger partial charge in [-0.3, -0.25) is 9.59 Å². The molecule has 2 amide bonds. The van der Waals surface area contributed by atoms with E-state index in [0.717, 1.165) is 11.5 Å². The van der Waals surface area contributed by atoms with E-state index in [9.17, 15) is 9.59 Å². The molecule has 0 spiro atoms. The van der Waals surface area contributed by atoms with Crippen molar-refractivity contribution in [2.45, 2.75) is 27.7 Å². The number of H-pyrrole nitrogens is 1. The first-order valence-corrected chi connectivity index (χ1v) is 8.84. The highest BCUT2D eigenvalue weighted by atomic mass is 16.3. The van der Waals surface area contributed by atoms with Gasteiger partial charge in [0.05, 0.1) is 18.0 Å². The summed E-state index contributed by atoms with van der Waals surface area (Å²) < 4.78 is 10.7. The Morgan fingerprint density at radius 3 is 1.86 bits per heavy atom. The molecular formula is C20H21N5O4. The first kappa shape index (κ1) is 19.9. The van der Waals surface area contributed by atoms with Crippen LogP contribution in [0.1, 0.15) is 55.1 Å². The number of rotatable bonds is 6. The number of carbonyl (C=O) groups excluding carboxylic acids is 2. The van der Waals surface area contributed by atoms with Crippen LogP contribution in [0.3, 0.4) is 0 Å². The van der Waals surface area contributed by atoms with Crippen molar-refractivity contribution in [3.05, 3.63) is 69.8 Å². The van der Waals surface area contributed by atoms with Crippen LogP contribution >= 0.6 is 0 Å². The number of aromatic nitrogens is 1. The maximum atomic E-state index is 12.5. The van der Waals surface area contributed by atoms with Crippen molar-refractivity contribution in [3.63, 3.8) is 0 Å². The number of amides is 2. The van der Waals surface area contributed by atoms with Crippen LogP contribution in [0, 0.1) is 27.7 Å². The zero-order valence-corrected chi connectivity index (χ0v) is 16.5. The first-order chi connectivity index (χ1) is 13.8. The lowest BCUT2D eigenvalue weighted by atomic mass is 10.1. The maximum absolute atomic E-state index is 12.5. The van der Waals surface area contributed by atoms with Gasteiger partial charge in [-0.1, -0.05) is 0 Å². The van der Waals surface area contributed by atoms with E-state index in [4.69, 9.17) is 8.83 Å². The number of furan rings is 2. The van der Waals surface area contributed by atoms with E-state index >= 15 is 0 Å². The summed E-state index contributed by atoms with van der Waals surface area (Å²) in [6, 6.07) is 7.07. The van der Waals surface area contributed by atoms with Gasteiger partial charge in [0.15, 0.2) is 0 Å². The zero-order valence-electron chi connectivity index (χ0n) is 16.5. The van der Waals surface area contributed by atoms with E-state index in [2.05, 4.69) is 26.0 Å². The number of aryl methyl sites for hydroxylation is 3. The van der Waals surface area contributed by atoms with E-state index < -0.39 is 11.8 Å². The summed E-state index contributed by atoms with van der Waals surface area (Å²) in [5.74, 6) is 1.62. The van der Waals surface area contributed by atoms with Crippen LogP contribution in [-0.4, -0.2) is 29.2 Å². The number of hydrazone groups is 2. The topological polar surface area (TPSA) is 125 Å². The van der Waals surface area contributed by atoms with Crippen LogP contribution in [0.4, 0.5) is 0 Å². The molecule has 29 heavy (non-hydrogen) atoms. The lowest BCUT2D eigenvalue weighted by Gasteiger charge is -2.01. The Kier molecular flexibility index (Phi) is 5.77. The minimum Gasteiger partial charge on any atom is -0.460 e. The molecule has 3 aromatic heterocycles. The summed E-state index contributed by atoms with van der Waals surface area (Å²) >= 11 is 0. The van der Waals surface area contributed by atoms with Crippen LogP contribution in [0.25, 0.3) is 0 Å². The van der Waals surface area contributed by atoms with Gasteiger partial charge < -0.3 is 13.8 Å². The van der Waals surface area contributed by atoms with Crippen molar-refractivity contribution < 1.29 is 18.4 Å². The van der Waals surface area contributed by atoms with E-state index in [0.29, 0.717) is 28.3 Å². The average molecular weight is 395 g/mol. The Balaban J connectivity index is 1.66. The van der Waals surface area contributed by atoms with Crippen molar-refractivity contribution in [3.8, 4) is 0 Å². The molecular weight excluding hydrogens is 374 g/mol. The molecule has 3 aromatic rings. The molecule has 0 aliphatic heterocycles. The lowest BCUT2D eigenvalue weighted by molar-refractivity contribution is 0.0948. The van der Waals surface area contributed by atoms with E-state index in [1.54, 1.807) is 38.1 Å². The fraction of sp³-hybridized carbons (Fsp3) is 0.200. The van der Waals surface area contributed by atoms with Crippen LogP contribution in [0.2, 0.25) is 0 Å². The van der Waals surface area contributed by atoms with Crippen LogP contribution < -0.4 is 10.9 Å². The third kappa shape index (κ3) is 4.70. The molecule has 0 atom stereocenters. The Bertz CT molecular complexity index is 1100. The van der Waals surface area contributed by atoms with Crippen molar-refractivity contribution in [1.82, 2.24) is 15.8 Å². The highest BCUT2D eigenvalue weighted by molar-refractivity contribution is 6.02. The van der Waals surface area contributed by atoms with E-state index in [1.165, 1.54) is 12.4 Å². The molecule has 150 valence electrons. The highest BCUT2D eigenvalue weighted by Gasteiger charge is 2.21. The third-order valence-corrected chi connectivity index (χ3v) is 4.13. The number of hydrogen-bond acceptors (Lipinski definition) is 6. The minimum atomic E-state index is -0.473. The molecule has 0 saturated carbocycles. The predicted octanol–water partition coefficient (Wildman–Crippen LogP) is 2.96. The van der Waals surface area contributed by atoms with Crippen molar-refractivity contribution in [2.75, 3.05) is 0 Å². The Morgan fingerprint density at radius 2 is 1.38 bits per heavy atom. The van der Waals surface area contributed by atoms with E-state index in [1.807, 2.05) is 13.8 Å². The summed E-state index contributed by atoms with van der Waals surface area (Å²) in [7, 11) is 0. The minimum absolute atomic E-state index is 0.242. The van der Waals surface area contributed by atoms with Gasteiger partial charge in [0.1, 0.15) is 28.7 Å². The number of hydrogen-bond donors (Lipinski definition) is 3. The summed E-state index contributed by atoms with van der Waals surface area (Å²) in [4.78, 5) is 27.8. The largest absolute Gasteiger partial charge is 0.460 e. The normalized spacial score (nSPS) is 11.4. The Labute approximate surface area is 166 Å². The van der Waals surface area contributed by atoms with Crippen molar-refractivity contribution in [2.24, 2.45) is 10.2 Å². The highest BCUT2D eigenvalue weighted by Crippen LogP contribution is 2.18. The summed E-state index contributed by atoms with van der Waals surface area (Å²) in [6.45, 7) is 7.00. The van der Waals surface area contributed by atoms with Gasteiger partial charge in [0.25, 0.3) is 11.8 Å². The second kappa shape index (κ2) is 8.42. The monoisotopic (exact) mass is 395 g/mol. The number of carbonyl (C=O) groups is 2. The van der Waals surface area contributed by atoms with Gasteiger partial charge in [-0.05, 0) is 57.5 Å². The second-order valence-electron chi connectivity index (χ2n) is 6.42. The van der Waals surface area contributed by atoms with Gasteiger partial charge in [-0.25, -0.2) is 10.9 Å². The van der Waals surface area contributed by atoms with Crippen LogP contribution in [-0.2, 0) is 0 Å². The van der Waals surface area contributed by atoms with Gasteiger partial charge in [0, 0.05) is 5.69 Å². The zero-order chi connectivity index (χ0) is 21.0. The fourth-order valence-corrected chi connectivity index (χ4v) is 2.78. The molecule has 0 aromatic carbocycles. The van der Waals surface area contributed by atoms with Gasteiger partial charge >= 0.3 is 0 Å². The smallest absolute Gasteiger partial charge is 0.288 e. The number of nitrogens with zero attached hydrogens (tertiary/aromatic N) is 2. The quantitative estimate of drug-likeness (QED) is 0.438. The molecule has 9 nitrogen and oxygen atoms in total. The maximum Gasteiger partial charge on any atom is 0.288 e. The third-order valence-electron chi connectivity index (χ3n) is 4.13. The number of aromatic amines is 1. The number of nitrogens with one attached hydrogen (secondary N) is 3. The molecule has 9 heteroatoms. The average Bonchev–Trinajstić information content (AvgIpc) is 3.34. The van der Waals surface area contributed by atoms with E-state index in [-0.39, 0.29) is 5.69 Å². The molecule has 3 heterocycles. The molecule has 0 fully saturated rings. The Hall–Kier alpha value is -3.88. The van der Waals surface area contributed by atoms with Gasteiger partial charge in [-0.2, -0.15) is 10.2 Å². The summed E-state index contributed by atoms with van der Waals surface area (Å²) in [5, 5.41) is 7.75. The molecule has 0 aliphatic rings. The predicted molar refractivity (Wildman–Crippen MR) is 107 cm³/mol. The first-order valence-electron chi connectivity index (χ1n) is 8.84. The SMILES string of the molecule is Cc1ccc(/C=N\NC(=O)c2[nH]c(C)c(C(=O)N/N=C\c3ccc(C)o3)c2C)o1. The van der Waals surface area contributed by atoms with Gasteiger partial charge in [-0.15, -0.1) is 0 Å². The second-order valence-corrected chi connectivity index (χ2v) is 6.42. The lowest BCUT2D eigenvalue weighted by Crippen LogP contribution is -2.21. The summed E-state index contributed by atoms with van der Waals surface area (Å²) in [6.07, 6.45) is 2.80. The molecule has 0 unspecified atom stereocenters. The standard InChI is InChI=1S/C20H21N5O4/c1-11-5-7-15(28-11)9-21-24-19(26)17-13(3)18(23-14(17)4)20(27)25-22-10-16-8-6-12(2)29-16/h5-10,23H,1-4H3,(H,24,26)(H,25,27)/b21-9-,22-10-. The van der Waals surface area contributed by atoms with Crippen LogP contribution in [0.15, 0.2) is 43.3 Å². The Morgan fingerprint density at radius 1 is 0.862 bits per heavy atom. The molecule has 3 rings (SSSR count). The molecule has 0 saturated heterocycles. The molecule has 0 aliphatic carbocycles. The van der Waals surface area contributed by atoms with Crippen LogP contribution in [0.5, 0.6) is 0 Å². The molecule has 3 N–H and O–H groups in total. The van der Waals surface area contributed by atoms with Crippen molar-refractivity contribution in [1.29, 1.82) is 0 Å². The molecule has 0 bridgehead atoms. The van der Waals surface area contributed by atoms with Crippen molar-refractivity contribution >= 4 is 24.2 Å². The van der Waals surface area contributed by atoms with Gasteiger partial charge in [0.2, 0.25) is 0 Å². The fourth-order valence-electron chi connectivity index (χ4n) is 2.78.